The maximum Gasteiger partial charge on any atom is 0.233 e. The van der Waals surface area contributed by atoms with Crippen LogP contribution in [0.1, 0.15) is 49.3 Å². The summed E-state index contributed by atoms with van der Waals surface area (Å²) in [6.07, 6.45) is 8.96. The third kappa shape index (κ3) is 5.32. The first-order chi connectivity index (χ1) is 14.3. The largest absolute Gasteiger partial charge is 0.409 e. The number of rotatable bonds is 7. The van der Waals surface area contributed by atoms with Gasteiger partial charge in [0.15, 0.2) is 21.5 Å². The Labute approximate surface area is 175 Å². The predicted molar refractivity (Wildman–Crippen MR) is 112 cm³/mol. The third-order valence-corrected chi connectivity index (χ3v) is 6.47. The number of nitrogens with two attached hydrogens (primary N) is 1. The number of nitrogens with zero attached hydrogens (tertiary/aromatic N) is 3. The van der Waals surface area contributed by atoms with Gasteiger partial charge in [-0.1, -0.05) is 43.0 Å². The molecule has 1 aliphatic carbocycles. The molecule has 1 saturated carbocycles. The molecule has 1 aliphatic rings. The molecule has 1 unspecified atom stereocenters. The fourth-order valence-corrected chi connectivity index (χ4v) is 4.34. The summed E-state index contributed by atoms with van der Waals surface area (Å²) in [7, 11) is -3.31. The van der Waals surface area contributed by atoms with E-state index < -0.39 is 15.8 Å². The Morgan fingerprint density at radius 1 is 1.23 bits per heavy atom. The second-order valence-electron chi connectivity index (χ2n) is 7.54. The summed E-state index contributed by atoms with van der Waals surface area (Å²) in [4.78, 5) is 21.4. The monoisotopic (exact) mass is 431 g/mol. The van der Waals surface area contributed by atoms with E-state index in [0.717, 1.165) is 37.5 Å². The van der Waals surface area contributed by atoms with Crippen LogP contribution in [0.4, 0.5) is 5.82 Å². The number of nitrogens with one attached hydrogen (secondary N) is 1. The van der Waals surface area contributed by atoms with E-state index in [1.165, 1.54) is 24.5 Å². The van der Waals surface area contributed by atoms with Gasteiger partial charge in [0.1, 0.15) is 5.69 Å². The van der Waals surface area contributed by atoms with E-state index in [1.54, 1.807) is 12.1 Å². The van der Waals surface area contributed by atoms with Gasteiger partial charge in [-0.25, -0.2) is 18.4 Å². The van der Waals surface area contributed by atoms with Crippen LogP contribution in [0, 0.1) is 5.92 Å². The highest BCUT2D eigenvalue weighted by Gasteiger charge is 2.27. The van der Waals surface area contributed by atoms with E-state index >= 15 is 0 Å². The minimum Gasteiger partial charge on any atom is -0.409 e. The first kappa shape index (κ1) is 21.7. The molecule has 1 amide bonds. The molecule has 1 fully saturated rings. The van der Waals surface area contributed by atoms with Gasteiger partial charge in [-0.2, -0.15) is 0 Å². The predicted octanol–water partition coefficient (Wildman–Crippen LogP) is 2.28. The number of amides is 1. The number of hydrogen-bond acceptors (Lipinski definition) is 7. The van der Waals surface area contributed by atoms with E-state index in [4.69, 9.17) is 10.9 Å². The van der Waals surface area contributed by atoms with Crippen molar-refractivity contribution >= 4 is 27.4 Å². The van der Waals surface area contributed by atoms with Crippen LogP contribution in [0.15, 0.2) is 46.7 Å². The normalized spacial score (nSPS) is 16.4. The number of carbonyl (C=O) groups excluding carboxylic acids is 1. The van der Waals surface area contributed by atoms with Crippen molar-refractivity contribution in [3.63, 3.8) is 0 Å². The molecule has 1 aromatic heterocycles. The number of carbonyl (C=O) groups is 1. The number of anilines is 1. The number of oxime groups is 1. The lowest BCUT2D eigenvalue weighted by molar-refractivity contribution is -0.118. The van der Waals surface area contributed by atoms with Gasteiger partial charge < -0.3 is 16.3 Å². The number of sulfone groups is 1. The number of amidine groups is 1. The van der Waals surface area contributed by atoms with E-state index in [1.807, 2.05) is 0 Å². The SMILES string of the molecule is CS(=O)(=O)c1ccc(C(CC2CCCC2)C(=O)Nc2cnc(C(N)=NO)cn2)cc1. The molecular weight excluding hydrogens is 406 g/mol. The van der Waals surface area contributed by atoms with Crippen molar-refractivity contribution in [2.24, 2.45) is 16.8 Å². The summed E-state index contributed by atoms with van der Waals surface area (Å²) < 4.78 is 23.5. The van der Waals surface area contributed by atoms with Crippen LogP contribution in [0.25, 0.3) is 0 Å². The second kappa shape index (κ2) is 9.21. The number of benzene rings is 1. The van der Waals surface area contributed by atoms with E-state index in [2.05, 4.69) is 20.4 Å². The van der Waals surface area contributed by atoms with Crippen molar-refractivity contribution in [1.29, 1.82) is 0 Å². The average Bonchev–Trinajstić information content (AvgIpc) is 3.25. The van der Waals surface area contributed by atoms with Crippen LogP contribution >= 0.6 is 0 Å². The Morgan fingerprint density at radius 3 is 2.43 bits per heavy atom. The fraction of sp³-hybridized carbons (Fsp3) is 0.400. The Balaban J connectivity index is 1.81. The van der Waals surface area contributed by atoms with E-state index in [-0.39, 0.29) is 28.2 Å². The first-order valence-corrected chi connectivity index (χ1v) is 11.6. The molecular formula is C20H25N5O4S. The standard InChI is InChI=1S/C20H25N5O4S/c1-30(28,29)15-8-6-14(7-9-15)16(10-13-4-2-3-5-13)20(26)24-18-12-22-17(11-23-18)19(21)25-27/h6-9,11-13,16,27H,2-5,10H2,1H3,(H2,21,25)(H,23,24,26). The molecule has 4 N–H and O–H groups in total. The number of aromatic nitrogens is 2. The zero-order chi connectivity index (χ0) is 21.7. The second-order valence-corrected chi connectivity index (χ2v) is 9.56. The molecule has 9 nitrogen and oxygen atoms in total. The molecule has 160 valence electrons. The van der Waals surface area contributed by atoms with Crippen molar-refractivity contribution in [3.8, 4) is 0 Å². The summed E-state index contributed by atoms with van der Waals surface area (Å²) in [5.41, 5.74) is 6.42. The summed E-state index contributed by atoms with van der Waals surface area (Å²) in [6, 6.07) is 6.46. The molecule has 0 radical (unpaired) electrons. The van der Waals surface area contributed by atoms with Crippen molar-refractivity contribution in [1.82, 2.24) is 9.97 Å². The molecule has 2 aromatic rings. The van der Waals surface area contributed by atoms with Crippen LogP contribution in [-0.2, 0) is 14.6 Å². The maximum atomic E-state index is 13.1. The topological polar surface area (TPSA) is 148 Å². The summed E-state index contributed by atoms with van der Waals surface area (Å²) in [5.74, 6) is -0.152. The molecule has 0 saturated heterocycles. The lowest BCUT2D eigenvalue weighted by Gasteiger charge is -2.20. The summed E-state index contributed by atoms with van der Waals surface area (Å²) in [5, 5.41) is 14.3. The smallest absolute Gasteiger partial charge is 0.233 e. The zero-order valence-corrected chi connectivity index (χ0v) is 17.5. The average molecular weight is 432 g/mol. The van der Waals surface area contributed by atoms with Gasteiger partial charge in [-0.3, -0.25) is 4.79 Å². The molecule has 30 heavy (non-hydrogen) atoms. The third-order valence-electron chi connectivity index (χ3n) is 5.34. The quantitative estimate of drug-likeness (QED) is 0.264. The number of hydrogen-bond donors (Lipinski definition) is 3. The van der Waals surface area contributed by atoms with Gasteiger partial charge in [-0.15, -0.1) is 0 Å². The minimum atomic E-state index is -3.31. The molecule has 0 bridgehead atoms. The van der Waals surface area contributed by atoms with Crippen LogP contribution in [-0.4, -0.2) is 41.6 Å². The van der Waals surface area contributed by atoms with Crippen molar-refractivity contribution in [2.45, 2.75) is 42.9 Å². The van der Waals surface area contributed by atoms with Gasteiger partial charge in [0.2, 0.25) is 5.91 Å². The van der Waals surface area contributed by atoms with Crippen molar-refractivity contribution in [3.05, 3.63) is 47.9 Å². The molecule has 1 heterocycles. The van der Waals surface area contributed by atoms with Gasteiger partial charge >= 0.3 is 0 Å². The Bertz CT molecular complexity index is 1010. The Kier molecular flexibility index (Phi) is 6.66. The highest BCUT2D eigenvalue weighted by Crippen LogP contribution is 2.35. The molecule has 1 atom stereocenters. The fourth-order valence-electron chi connectivity index (χ4n) is 3.71. The molecule has 3 rings (SSSR count). The Morgan fingerprint density at radius 2 is 1.90 bits per heavy atom. The summed E-state index contributed by atoms with van der Waals surface area (Å²) >= 11 is 0. The molecule has 0 spiro atoms. The van der Waals surface area contributed by atoms with Crippen LogP contribution in [0.3, 0.4) is 0 Å². The summed E-state index contributed by atoms with van der Waals surface area (Å²) in [6.45, 7) is 0. The van der Waals surface area contributed by atoms with Crippen LogP contribution in [0.2, 0.25) is 0 Å². The van der Waals surface area contributed by atoms with Crippen LogP contribution < -0.4 is 11.1 Å². The zero-order valence-electron chi connectivity index (χ0n) is 16.7. The maximum absolute atomic E-state index is 13.1. The van der Waals surface area contributed by atoms with E-state index in [9.17, 15) is 13.2 Å². The van der Waals surface area contributed by atoms with Gasteiger partial charge in [0.25, 0.3) is 0 Å². The molecule has 10 heteroatoms. The van der Waals surface area contributed by atoms with Gasteiger partial charge in [-0.05, 0) is 30.0 Å². The van der Waals surface area contributed by atoms with Gasteiger partial charge in [0.05, 0.1) is 23.2 Å². The highest BCUT2D eigenvalue weighted by atomic mass is 32.2. The van der Waals surface area contributed by atoms with Crippen LogP contribution in [0.5, 0.6) is 0 Å². The first-order valence-electron chi connectivity index (χ1n) is 9.68. The lowest BCUT2D eigenvalue weighted by atomic mass is 9.87. The lowest BCUT2D eigenvalue weighted by Crippen LogP contribution is -2.24. The van der Waals surface area contributed by atoms with Crippen molar-refractivity contribution < 1.29 is 18.4 Å². The molecule has 0 aliphatic heterocycles. The molecule has 1 aromatic carbocycles. The Hall–Kier alpha value is -3.01. The van der Waals surface area contributed by atoms with Crippen molar-refractivity contribution in [2.75, 3.05) is 11.6 Å². The minimum absolute atomic E-state index is 0.176. The van der Waals surface area contributed by atoms with E-state index in [0.29, 0.717) is 12.3 Å². The van der Waals surface area contributed by atoms with Gasteiger partial charge in [0, 0.05) is 6.26 Å². The highest BCUT2D eigenvalue weighted by molar-refractivity contribution is 7.90.